The molecule has 0 fully saturated rings. The predicted molar refractivity (Wildman–Crippen MR) is 89.4 cm³/mol. The molecule has 8 heteroatoms. The Morgan fingerprint density at radius 3 is 2.35 bits per heavy atom. The molecule has 0 bridgehead atoms. The lowest BCUT2D eigenvalue weighted by atomic mass is 10.1. The minimum absolute atomic E-state index is 0.0270. The SMILES string of the molecule is COc1ccc(Cl)cc1C(=O)Nc1cc(C(=O)O)c(Cl)cc1Cl. The lowest BCUT2D eigenvalue weighted by molar-refractivity contribution is 0.0696. The molecular weight excluding hydrogens is 365 g/mol. The van der Waals surface area contributed by atoms with Crippen LogP contribution in [-0.4, -0.2) is 24.1 Å². The highest BCUT2D eigenvalue weighted by atomic mass is 35.5. The molecular formula is C15H10Cl3NO4. The summed E-state index contributed by atoms with van der Waals surface area (Å²) in [6.07, 6.45) is 0. The van der Waals surface area contributed by atoms with Crippen molar-refractivity contribution >= 4 is 52.4 Å². The molecule has 2 aromatic rings. The molecule has 120 valence electrons. The van der Waals surface area contributed by atoms with Gasteiger partial charge in [0.2, 0.25) is 0 Å². The molecule has 0 aliphatic heterocycles. The van der Waals surface area contributed by atoms with Crippen molar-refractivity contribution < 1.29 is 19.4 Å². The van der Waals surface area contributed by atoms with Crippen LogP contribution in [-0.2, 0) is 0 Å². The summed E-state index contributed by atoms with van der Waals surface area (Å²) in [7, 11) is 1.41. The lowest BCUT2D eigenvalue weighted by Gasteiger charge is -2.12. The quantitative estimate of drug-likeness (QED) is 0.819. The average molecular weight is 375 g/mol. The van der Waals surface area contributed by atoms with E-state index in [-0.39, 0.29) is 26.9 Å². The molecule has 0 spiro atoms. The van der Waals surface area contributed by atoms with Crippen molar-refractivity contribution in [2.24, 2.45) is 0 Å². The number of benzene rings is 2. The number of aromatic carboxylic acids is 1. The van der Waals surface area contributed by atoms with E-state index in [4.69, 9.17) is 44.6 Å². The monoisotopic (exact) mass is 373 g/mol. The van der Waals surface area contributed by atoms with Crippen LogP contribution in [0, 0.1) is 0 Å². The first-order chi connectivity index (χ1) is 10.8. The van der Waals surface area contributed by atoms with Crippen LogP contribution < -0.4 is 10.1 Å². The second-order valence-corrected chi connectivity index (χ2v) is 5.67. The van der Waals surface area contributed by atoms with Crippen LogP contribution in [0.25, 0.3) is 0 Å². The Morgan fingerprint density at radius 2 is 1.74 bits per heavy atom. The van der Waals surface area contributed by atoms with E-state index < -0.39 is 11.9 Å². The van der Waals surface area contributed by atoms with Crippen molar-refractivity contribution in [1.29, 1.82) is 0 Å². The third-order valence-electron chi connectivity index (χ3n) is 2.94. The summed E-state index contributed by atoms with van der Waals surface area (Å²) in [5.74, 6) is -1.47. The number of hydrogen-bond donors (Lipinski definition) is 2. The van der Waals surface area contributed by atoms with Gasteiger partial charge in [0, 0.05) is 5.02 Å². The fourth-order valence-electron chi connectivity index (χ4n) is 1.86. The van der Waals surface area contributed by atoms with Crippen molar-refractivity contribution in [3.8, 4) is 5.75 Å². The Labute approximate surface area is 146 Å². The summed E-state index contributed by atoms with van der Waals surface area (Å²) in [5.41, 5.74) is 0.118. The molecule has 2 rings (SSSR count). The number of halogens is 3. The molecule has 5 nitrogen and oxygen atoms in total. The Bertz CT molecular complexity index is 793. The average Bonchev–Trinajstić information content (AvgIpc) is 2.49. The lowest BCUT2D eigenvalue weighted by Crippen LogP contribution is -2.14. The molecule has 0 radical (unpaired) electrons. The number of rotatable bonds is 4. The van der Waals surface area contributed by atoms with Gasteiger partial charge in [-0.25, -0.2) is 4.79 Å². The zero-order chi connectivity index (χ0) is 17.1. The van der Waals surface area contributed by atoms with Gasteiger partial charge >= 0.3 is 5.97 Å². The normalized spacial score (nSPS) is 10.3. The topological polar surface area (TPSA) is 75.6 Å². The maximum absolute atomic E-state index is 12.4. The molecule has 0 aliphatic rings. The second kappa shape index (κ2) is 7.08. The zero-order valence-electron chi connectivity index (χ0n) is 11.7. The van der Waals surface area contributed by atoms with Crippen LogP contribution in [0.4, 0.5) is 5.69 Å². The van der Waals surface area contributed by atoms with Crippen LogP contribution in [0.5, 0.6) is 5.75 Å². The maximum atomic E-state index is 12.4. The van der Waals surface area contributed by atoms with Gasteiger partial charge in [0.25, 0.3) is 5.91 Å². The van der Waals surface area contributed by atoms with Crippen LogP contribution in [0.1, 0.15) is 20.7 Å². The van der Waals surface area contributed by atoms with E-state index in [0.717, 1.165) is 0 Å². The third kappa shape index (κ3) is 3.88. The van der Waals surface area contributed by atoms with Gasteiger partial charge in [-0.1, -0.05) is 34.8 Å². The molecule has 0 heterocycles. The molecule has 0 saturated heterocycles. The van der Waals surface area contributed by atoms with Crippen molar-refractivity contribution in [3.63, 3.8) is 0 Å². The highest BCUT2D eigenvalue weighted by Crippen LogP contribution is 2.31. The summed E-state index contributed by atoms with van der Waals surface area (Å²) in [4.78, 5) is 23.5. The minimum atomic E-state index is -1.23. The molecule has 0 unspecified atom stereocenters. The Hall–Kier alpha value is -1.95. The standard InChI is InChI=1S/C15H10Cl3NO4/c1-23-13-3-2-7(16)4-9(13)14(20)19-12-5-8(15(21)22)10(17)6-11(12)18/h2-6H,1H3,(H,19,20)(H,21,22). The van der Waals surface area contributed by atoms with Crippen molar-refractivity contribution in [2.45, 2.75) is 0 Å². The molecule has 0 aliphatic carbocycles. The smallest absolute Gasteiger partial charge is 0.337 e. The van der Waals surface area contributed by atoms with Crippen LogP contribution in [0.3, 0.4) is 0 Å². The number of hydrogen-bond acceptors (Lipinski definition) is 3. The van der Waals surface area contributed by atoms with Crippen molar-refractivity contribution in [1.82, 2.24) is 0 Å². The number of carbonyl (C=O) groups is 2. The number of carboxylic acid groups (broad SMARTS) is 1. The Morgan fingerprint density at radius 1 is 1.04 bits per heavy atom. The highest BCUT2D eigenvalue weighted by molar-refractivity contribution is 6.38. The van der Waals surface area contributed by atoms with Crippen LogP contribution >= 0.6 is 34.8 Å². The summed E-state index contributed by atoms with van der Waals surface area (Å²) in [6.45, 7) is 0. The summed E-state index contributed by atoms with van der Waals surface area (Å²) in [6, 6.07) is 6.98. The molecule has 0 aromatic heterocycles. The second-order valence-electron chi connectivity index (χ2n) is 4.42. The number of methoxy groups -OCH3 is 1. The largest absolute Gasteiger partial charge is 0.496 e. The minimum Gasteiger partial charge on any atom is -0.496 e. The van der Waals surface area contributed by atoms with E-state index in [1.807, 2.05) is 0 Å². The molecule has 0 saturated carbocycles. The van der Waals surface area contributed by atoms with Crippen LogP contribution in [0.2, 0.25) is 15.1 Å². The van der Waals surface area contributed by atoms with E-state index in [1.165, 1.54) is 25.3 Å². The molecule has 23 heavy (non-hydrogen) atoms. The van der Waals surface area contributed by atoms with Crippen molar-refractivity contribution in [3.05, 3.63) is 56.5 Å². The number of carboxylic acids is 1. The maximum Gasteiger partial charge on any atom is 0.337 e. The zero-order valence-corrected chi connectivity index (χ0v) is 14.0. The van der Waals surface area contributed by atoms with E-state index in [0.29, 0.717) is 10.8 Å². The molecule has 2 N–H and O–H groups in total. The van der Waals surface area contributed by atoms with Gasteiger partial charge in [-0.05, 0) is 30.3 Å². The first kappa shape index (κ1) is 17.4. The van der Waals surface area contributed by atoms with Gasteiger partial charge in [0.1, 0.15) is 5.75 Å². The summed E-state index contributed by atoms with van der Waals surface area (Å²) >= 11 is 17.7. The van der Waals surface area contributed by atoms with Gasteiger partial charge in [-0.3, -0.25) is 4.79 Å². The van der Waals surface area contributed by atoms with E-state index in [2.05, 4.69) is 5.32 Å². The molecule has 0 atom stereocenters. The fourth-order valence-corrected chi connectivity index (χ4v) is 2.54. The third-order valence-corrected chi connectivity index (χ3v) is 3.80. The number of carbonyl (C=O) groups excluding carboxylic acids is 1. The number of ether oxygens (including phenoxy) is 1. The molecule has 2 aromatic carbocycles. The number of nitrogens with one attached hydrogen (secondary N) is 1. The fraction of sp³-hybridized carbons (Fsp3) is 0.0667. The van der Waals surface area contributed by atoms with Gasteiger partial charge in [-0.2, -0.15) is 0 Å². The first-order valence-corrected chi connectivity index (χ1v) is 7.34. The van der Waals surface area contributed by atoms with Gasteiger partial charge in [0.05, 0.1) is 34.0 Å². The molecule has 1 amide bonds. The van der Waals surface area contributed by atoms with E-state index in [9.17, 15) is 9.59 Å². The number of amides is 1. The first-order valence-electron chi connectivity index (χ1n) is 6.20. The Kier molecular flexibility index (Phi) is 5.36. The van der Waals surface area contributed by atoms with Gasteiger partial charge in [-0.15, -0.1) is 0 Å². The van der Waals surface area contributed by atoms with Gasteiger partial charge in [0.15, 0.2) is 0 Å². The van der Waals surface area contributed by atoms with Crippen LogP contribution in [0.15, 0.2) is 30.3 Å². The van der Waals surface area contributed by atoms with Gasteiger partial charge < -0.3 is 15.2 Å². The predicted octanol–water partition coefficient (Wildman–Crippen LogP) is 4.61. The van der Waals surface area contributed by atoms with E-state index >= 15 is 0 Å². The van der Waals surface area contributed by atoms with E-state index in [1.54, 1.807) is 12.1 Å². The van der Waals surface area contributed by atoms with Crippen molar-refractivity contribution in [2.75, 3.05) is 12.4 Å². The highest BCUT2D eigenvalue weighted by Gasteiger charge is 2.17. The summed E-state index contributed by atoms with van der Waals surface area (Å²) in [5, 5.41) is 12.0. The number of anilines is 1. The Balaban J connectivity index is 2.39. The summed E-state index contributed by atoms with van der Waals surface area (Å²) < 4.78 is 5.10.